The van der Waals surface area contributed by atoms with Crippen LogP contribution in [0.25, 0.3) is 0 Å². The van der Waals surface area contributed by atoms with Gasteiger partial charge in [-0.25, -0.2) is 4.39 Å². The van der Waals surface area contributed by atoms with Crippen molar-refractivity contribution >= 4 is 5.91 Å². The van der Waals surface area contributed by atoms with Crippen LogP contribution in [0, 0.1) is 12.7 Å². The zero-order valence-corrected chi connectivity index (χ0v) is 11.9. The average molecular weight is 279 g/mol. The van der Waals surface area contributed by atoms with Gasteiger partial charge in [0.1, 0.15) is 5.82 Å². The van der Waals surface area contributed by atoms with Crippen LogP contribution in [0.2, 0.25) is 0 Å². The third-order valence-electron chi connectivity index (χ3n) is 3.58. The Morgan fingerprint density at radius 1 is 1.40 bits per heavy atom. The minimum Gasteiger partial charge on any atom is -0.352 e. The van der Waals surface area contributed by atoms with Gasteiger partial charge in [-0.2, -0.15) is 0 Å². The number of amides is 1. The normalized spacial score (nSPS) is 16.1. The van der Waals surface area contributed by atoms with E-state index in [0.717, 1.165) is 39.1 Å². The molecule has 2 rings (SSSR count). The number of piperazine rings is 1. The molecule has 0 spiro atoms. The van der Waals surface area contributed by atoms with Crippen LogP contribution in [0.15, 0.2) is 18.2 Å². The van der Waals surface area contributed by atoms with Gasteiger partial charge in [-0.05, 0) is 31.5 Å². The quantitative estimate of drug-likeness (QED) is 0.795. The minimum absolute atomic E-state index is 0.132. The van der Waals surface area contributed by atoms with Crippen molar-refractivity contribution in [3.63, 3.8) is 0 Å². The Hall–Kier alpha value is -1.46. The van der Waals surface area contributed by atoms with E-state index in [9.17, 15) is 9.18 Å². The van der Waals surface area contributed by atoms with Gasteiger partial charge in [0.15, 0.2) is 0 Å². The Labute approximate surface area is 119 Å². The minimum atomic E-state index is -0.424. The van der Waals surface area contributed by atoms with Crippen molar-refractivity contribution in [2.75, 3.05) is 39.3 Å². The second-order valence-corrected chi connectivity index (χ2v) is 5.14. The van der Waals surface area contributed by atoms with Gasteiger partial charge in [0.25, 0.3) is 5.91 Å². The second kappa shape index (κ2) is 7.36. The van der Waals surface area contributed by atoms with Gasteiger partial charge in [-0.15, -0.1) is 0 Å². The largest absolute Gasteiger partial charge is 0.352 e. The Bertz CT molecular complexity index is 458. The predicted molar refractivity (Wildman–Crippen MR) is 77.4 cm³/mol. The van der Waals surface area contributed by atoms with Gasteiger partial charge in [0, 0.05) is 32.7 Å². The molecule has 1 aromatic carbocycles. The van der Waals surface area contributed by atoms with E-state index >= 15 is 0 Å². The molecule has 1 aliphatic rings. The lowest BCUT2D eigenvalue weighted by molar-refractivity contribution is 0.0947. The SMILES string of the molecule is Cc1cccc(C(=O)NCCCN2CCNCC2)c1F. The standard InChI is InChI=1S/C15H22FN3O/c1-12-4-2-5-13(14(12)16)15(20)18-6-3-9-19-10-7-17-8-11-19/h2,4-5,17H,3,6-11H2,1H3,(H,18,20). The van der Waals surface area contributed by atoms with E-state index in [1.165, 1.54) is 6.07 Å². The van der Waals surface area contributed by atoms with E-state index in [2.05, 4.69) is 15.5 Å². The number of benzene rings is 1. The van der Waals surface area contributed by atoms with Crippen LogP contribution < -0.4 is 10.6 Å². The fourth-order valence-corrected chi connectivity index (χ4v) is 2.36. The van der Waals surface area contributed by atoms with Crippen LogP contribution in [-0.4, -0.2) is 50.1 Å². The Kier molecular flexibility index (Phi) is 5.49. The highest BCUT2D eigenvalue weighted by Crippen LogP contribution is 2.11. The van der Waals surface area contributed by atoms with Crippen LogP contribution in [0.5, 0.6) is 0 Å². The molecular formula is C15H22FN3O. The maximum atomic E-state index is 13.8. The molecule has 4 nitrogen and oxygen atoms in total. The Morgan fingerprint density at radius 2 is 2.15 bits per heavy atom. The molecule has 0 radical (unpaired) electrons. The van der Waals surface area contributed by atoms with Crippen molar-refractivity contribution < 1.29 is 9.18 Å². The van der Waals surface area contributed by atoms with Crippen molar-refractivity contribution in [3.8, 4) is 0 Å². The van der Waals surface area contributed by atoms with Crippen molar-refractivity contribution in [2.45, 2.75) is 13.3 Å². The third-order valence-corrected chi connectivity index (χ3v) is 3.58. The summed E-state index contributed by atoms with van der Waals surface area (Å²) in [7, 11) is 0. The van der Waals surface area contributed by atoms with Crippen LogP contribution in [0.4, 0.5) is 4.39 Å². The van der Waals surface area contributed by atoms with Gasteiger partial charge < -0.3 is 15.5 Å². The highest BCUT2D eigenvalue weighted by atomic mass is 19.1. The first-order chi connectivity index (χ1) is 9.68. The first-order valence-corrected chi connectivity index (χ1v) is 7.15. The molecule has 1 aromatic rings. The number of halogens is 1. The molecule has 110 valence electrons. The van der Waals surface area contributed by atoms with Gasteiger partial charge in [-0.1, -0.05) is 12.1 Å². The Balaban J connectivity index is 1.73. The van der Waals surface area contributed by atoms with E-state index in [1.807, 2.05) is 0 Å². The average Bonchev–Trinajstić information content (AvgIpc) is 2.47. The summed E-state index contributed by atoms with van der Waals surface area (Å²) in [6.07, 6.45) is 0.888. The van der Waals surface area contributed by atoms with E-state index in [4.69, 9.17) is 0 Å². The number of carbonyl (C=O) groups excluding carboxylic acids is 1. The lowest BCUT2D eigenvalue weighted by atomic mass is 10.1. The van der Waals surface area contributed by atoms with Crippen molar-refractivity contribution in [1.82, 2.24) is 15.5 Å². The van der Waals surface area contributed by atoms with Crippen molar-refractivity contribution in [1.29, 1.82) is 0 Å². The molecule has 0 unspecified atom stereocenters. The summed E-state index contributed by atoms with van der Waals surface area (Å²) in [6, 6.07) is 4.89. The van der Waals surface area contributed by atoms with Crippen molar-refractivity contribution in [3.05, 3.63) is 35.1 Å². The number of nitrogens with one attached hydrogen (secondary N) is 2. The molecule has 5 heteroatoms. The van der Waals surface area contributed by atoms with Crippen LogP contribution in [0.3, 0.4) is 0 Å². The van der Waals surface area contributed by atoms with Gasteiger partial charge in [0.2, 0.25) is 0 Å². The molecule has 0 saturated carbocycles. The van der Waals surface area contributed by atoms with Crippen molar-refractivity contribution in [2.24, 2.45) is 0 Å². The summed E-state index contributed by atoms with van der Waals surface area (Å²) in [5, 5.41) is 6.09. The number of hydrogen-bond acceptors (Lipinski definition) is 3. The van der Waals surface area contributed by atoms with Crippen LogP contribution in [0.1, 0.15) is 22.3 Å². The molecule has 0 atom stereocenters. The number of hydrogen-bond donors (Lipinski definition) is 2. The smallest absolute Gasteiger partial charge is 0.254 e. The zero-order valence-electron chi connectivity index (χ0n) is 11.9. The van der Waals surface area contributed by atoms with Crippen LogP contribution in [-0.2, 0) is 0 Å². The number of carbonyl (C=O) groups is 1. The molecule has 1 amide bonds. The zero-order chi connectivity index (χ0) is 14.4. The number of rotatable bonds is 5. The summed E-state index contributed by atoms with van der Waals surface area (Å²) < 4.78 is 13.8. The molecular weight excluding hydrogens is 257 g/mol. The summed E-state index contributed by atoms with van der Waals surface area (Å²) >= 11 is 0. The van der Waals surface area contributed by atoms with Gasteiger partial charge in [-0.3, -0.25) is 4.79 Å². The summed E-state index contributed by atoms with van der Waals surface area (Å²) in [5.41, 5.74) is 0.630. The molecule has 1 fully saturated rings. The molecule has 1 heterocycles. The molecule has 2 N–H and O–H groups in total. The summed E-state index contributed by atoms with van der Waals surface area (Å²) in [5.74, 6) is -0.751. The first kappa shape index (κ1) is 14.9. The maximum absolute atomic E-state index is 13.8. The van der Waals surface area contributed by atoms with E-state index in [-0.39, 0.29) is 11.5 Å². The number of nitrogens with zero attached hydrogens (tertiary/aromatic N) is 1. The van der Waals surface area contributed by atoms with Gasteiger partial charge >= 0.3 is 0 Å². The van der Waals surface area contributed by atoms with E-state index in [0.29, 0.717) is 12.1 Å². The maximum Gasteiger partial charge on any atom is 0.254 e. The lowest BCUT2D eigenvalue weighted by Crippen LogP contribution is -2.44. The Morgan fingerprint density at radius 3 is 2.90 bits per heavy atom. The molecule has 20 heavy (non-hydrogen) atoms. The highest BCUT2D eigenvalue weighted by molar-refractivity contribution is 5.94. The van der Waals surface area contributed by atoms with Crippen LogP contribution >= 0.6 is 0 Å². The fourth-order valence-electron chi connectivity index (χ4n) is 2.36. The topological polar surface area (TPSA) is 44.4 Å². The van der Waals surface area contributed by atoms with Gasteiger partial charge in [0.05, 0.1) is 5.56 Å². The summed E-state index contributed by atoms with van der Waals surface area (Å²) in [4.78, 5) is 14.3. The number of aryl methyl sites for hydroxylation is 1. The monoisotopic (exact) mass is 279 g/mol. The molecule has 1 saturated heterocycles. The molecule has 1 aliphatic heterocycles. The lowest BCUT2D eigenvalue weighted by Gasteiger charge is -2.27. The first-order valence-electron chi connectivity index (χ1n) is 7.15. The predicted octanol–water partition coefficient (Wildman–Crippen LogP) is 1.16. The van der Waals surface area contributed by atoms with E-state index < -0.39 is 5.82 Å². The second-order valence-electron chi connectivity index (χ2n) is 5.14. The highest BCUT2D eigenvalue weighted by Gasteiger charge is 2.13. The fraction of sp³-hybridized carbons (Fsp3) is 0.533. The van der Waals surface area contributed by atoms with E-state index in [1.54, 1.807) is 19.1 Å². The molecule has 0 aliphatic carbocycles. The third kappa shape index (κ3) is 4.02. The molecule has 0 bridgehead atoms. The summed E-state index contributed by atoms with van der Waals surface area (Å²) in [6.45, 7) is 7.38. The molecule has 0 aromatic heterocycles.